The van der Waals surface area contributed by atoms with Gasteiger partial charge in [0.2, 0.25) is 6.79 Å². The molecule has 2 fully saturated rings. The van der Waals surface area contributed by atoms with Gasteiger partial charge in [0.15, 0.2) is 17.5 Å². The Hall–Kier alpha value is -1.95. The molecule has 0 spiro atoms. The minimum atomic E-state index is 0.0201. The Balaban J connectivity index is 1.46. The van der Waals surface area contributed by atoms with Crippen LogP contribution in [0.2, 0.25) is 0 Å². The summed E-state index contributed by atoms with van der Waals surface area (Å²) in [5.74, 6) is 4.26. The van der Waals surface area contributed by atoms with E-state index in [1.807, 2.05) is 13.1 Å². The minimum Gasteiger partial charge on any atom is -0.454 e. The Morgan fingerprint density at radius 1 is 1.24 bits per heavy atom. The van der Waals surface area contributed by atoms with Crippen LogP contribution in [0, 0.1) is 11.8 Å². The molecule has 1 atom stereocenters. The molecule has 6 nitrogen and oxygen atoms in total. The second-order valence-electron chi connectivity index (χ2n) is 9.09. The van der Waals surface area contributed by atoms with Crippen molar-refractivity contribution in [1.82, 2.24) is 10.2 Å². The van der Waals surface area contributed by atoms with Crippen LogP contribution in [0.4, 0.5) is 0 Å². The van der Waals surface area contributed by atoms with Gasteiger partial charge in [0.05, 0.1) is 0 Å². The van der Waals surface area contributed by atoms with Crippen LogP contribution < -0.4 is 14.8 Å². The minimum absolute atomic E-state index is 0.0201. The van der Waals surface area contributed by atoms with Gasteiger partial charge in [-0.15, -0.1) is 0 Å². The van der Waals surface area contributed by atoms with Crippen molar-refractivity contribution in [2.24, 2.45) is 16.8 Å². The van der Waals surface area contributed by atoms with Crippen molar-refractivity contribution in [2.45, 2.75) is 44.9 Å². The fraction of sp³-hybridized carbons (Fsp3) is 0.696. The highest BCUT2D eigenvalue weighted by Gasteiger charge is 2.36. The Labute approximate surface area is 174 Å². The maximum absolute atomic E-state index is 5.70. The molecular formula is C23H35N3O3. The molecule has 4 rings (SSSR count). The van der Waals surface area contributed by atoms with E-state index in [1.54, 1.807) is 0 Å². The maximum atomic E-state index is 5.70. The molecule has 3 aliphatic heterocycles. The fourth-order valence-electron chi connectivity index (χ4n) is 5.02. The molecule has 2 saturated heterocycles. The Bertz CT molecular complexity index is 728. The monoisotopic (exact) mass is 401 g/mol. The smallest absolute Gasteiger partial charge is 0.231 e. The van der Waals surface area contributed by atoms with Crippen LogP contribution in [0.3, 0.4) is 0 Å². The van der Waals surface area contributed by atoms with Crippen LogP contribution in [0.15, 0.2) is 23.2 Å². The van der Waals surface area contributed by atoms with Gasteiger partial charge in [0, 0.05) is 45.3 Å². The van der Waals surface area contributed by atoms with Crippen LogP contribution >= 0.6 is 0 Å². The number of likely N-dealkylation sites (tertiary alicyclic amines) is 1. The predicted molar refractivity (Wildman–Crippen MR) is 115 cm³/mol. The van der Waals surface area contributed by atoms with E-state index >= 15 is 0 Å². The van der Waals surface area contributed by atoms with Crippen LogP contribution in [0.1, 0.15) is 45.1 Å². The van der Waals surface area contributed by atoms with Crippen molar-refractivity contribution in [3.05, 3.63) is 23.8 Å². The van der Waals surface area contributed by atoms with E-state index in [1.165, 1.54) is 18.4 Å². The van der Waals surface area contributed by atoms with Gasteiger partial charge in [-0.2, -0.15) is 0 Å². The van der Waals surface area contributed by atoms with Crippen LogP contribution in [0.25, 0.3) is 0 Å². The first-order valence-electron chi connectivity index (χ1n) is 11.0. The second kappa shape index (κ2) is 8.82. The lowest BCUT2D eigenvalue weighted by Gasteiger charge is -2.39. The van der Waals surface area contributed by atoms with Crippen LogP contribution in [-0.4, -0.2) is 57.5 Å². The number of nitrogens with zero attached hydrogens (tertiary/aromatic N) is 2. The third kappa shape index (κ3) is 4.47. The largest absolute Gasteiger partial charge is 0.454 e. The van der Waals surface area contributed by atoms with Gasteiger partial charge in [0.25, 0.3) is 0 Å². The number of nitrogens with one attached hydrogen (secondary N) is 1. The normalized spacial score (nSPS) is 23.7. The van der Waals surface area contributed by atoms with Crippen LogP contribution in [0.5, 0.6) is 11.5 Å². The maximum Gasteiger partial charge on any atom is 0.231 e. The lowest BCUT2D eigenvalue weighted by Crippen LogP contribution is -2.48. The SMILES string of the molecule is CN=C(NCC1(c2ccc3c(c2)OCO3)CCOCC1)N1CCC(CC(C)C)C1. The summed E-state index contributed by atoms with van der Waals surface area (Å²) in [6.45, 7) is 9.57. The quantitative estimate of drug-likeness (QED) is 0.605. The fourth-order valence-corrected chi connectivity index (χ4v) is 5.02. The van der Waals surface area contributed by atoms with Crippen molar-refractivity contribution in [3.63, 3.8) is 0 Å². The predicted octanol–water partition coefficient (Wildman–Crippen LogP) is 3.41. The number of ether oxygens (including phenoxy) is 3. The average Bonchev–Trinajstić information content (AvgIpc) is 3.37. The first-order chi connectivity index (χ1) is 14.1. The average molecular weight is 402 g/mol. The number of hydrogen-bond donors (Lipinski definition) is 1. The first kappa shape index (κ1) is 20.3. The highest BCUT2D eigenvalue weighted by molar-refractivity contribution is 5.80. The zero-order chi connectivity index (χ0) is 20.3. The summed E-state index contributed by atoms with van der Waals surface area (Å²) in [6, 6.07) is 6.39. The number of rotatable bonds is 5. The second-order valence-corrected chi connectivity index (χ2v) is 9.09. The third-order valence-electron chi connectivity index (χ3n) is 6.62. The number of benzene rings is 1. The molecule has 0 bridgehead atoms. The Kier molecular flexibility index (Phi) is 6.18. The molecule has 1 N–H and O–H groups in total. The zero-order valence-corrected chi connectivity index (χ0v) is 18.1. The van der Waals surface area contributed by atoms with E-state index in [4.69, 9.17) is 14.2 Å². The van der Waals surface area contributed by atoms with Gasteiger partial charge in [-0.3, -0.25) is 4.99 Å². The third-order valence-corrected chi connectivity index (χ3v) is 6.62. The highest BCUT2D eigenvalue weighted by Crippen LogP contribution is 2.40. The summed E-state index contributed by atoms with van der Waals surface area (Å²) in [4.78, 5) is 7.04. The molecule has 0 amide bonds. The van der Waals surface area contributed by atoms with E-state index in [-0.39, 0.29) is 5.41 Å². The van der Waals surface area contributed by atoms with E-state index in [0.29, 0.717) is 6.79 Å². The lowest BCUT2D eigenvalue weighted by atomic mass is 9.74. The van der Waals surface area contributed by atoms with Crippen molar-refractivity contribution < 1.29 is 14.2 Å². The van der Waals surface area contributed by atoms with Gasteiger partial charge in [-0.1, -0.05) is 19.9 Å². The van der Waals surface area contributed by atoms with Crippen molar-refractivity contribution >= 4 is 5.96 Å². The Morgan fingerprint density at radius 3 is 2.79 bits per heavy atom. The first-order valence-corrected chi connectivity index (χ1v) is 11.0. The summed E-state index contributed by atoms with van der Waals surface area (Å²) in [5, 5.41) is 3.71. The molecule has 29 heavy (non-hydrogen) atoms. The molecule has 0 radical (unpaired) electrons. The Morgan fingerprint density at radius 2 is 2.03 bits per heavy atom. The standard InChI is InChI=1S/C23H35N3O3/c1-17(2)12-18-6-9-26(14-18)22(24-3)25-15-23(7-10-27-11-8-23)19-4-5-20-21(13-19)29-16-28-20/h4-5,13,17-18H,6-12,14-16H2,1-3H3,(H,24,25). The van der Waals surface area contributed by atoms with E-state index in [9.17, 15) is 0 Å². The molecule has 1 aromatic rings. The number of guanidine groups is 1. The van der Waals surface area contributed by atoms with Gasteiger partial charge in [-0.05, 0) is 55.2 Å². The molecule has 1 unspecified atom stereocenters. The molecule has 0 saturated carbocycles. The van der Waals surface area contributed by atoms with Crippen molar-refractivity contribution in [3.8, 4) is 11.5 Å². The molecule has 0 aliphatic carbocycles. The summed E-state index contributed by atoms with van der Waals surface area (Å²) in [6.07, 6.45) is 4.55. The number of aliphatic imine (C=N–C) groups is 1. The van der Waals surface area contributed by atoms with Crippen molar-refractivity contribution in [1.29, 1.82) is 0 Å². The van der Waals surface area contributed by atoms with E-state index in [2.05, 4.69) is 41.2 Å². The van der Waals surface area contributed by atoms with E-state index in [0.717, 1.165) is 75.0 Å². The van der Waals surface area contributed by atoms with Crippen molar-refractivity contribution in [2.75, 3.05) is 46.7 Å². The molecule has 160 valence electrons. The number of fused-ring (bicyclic) bond motifs is 1. The summed E-state index contributed by atoms with van der Waals surface area (Å²) >= 11 is 0. The highest BCUT2D eigenvalue weighted by atomic mass is 16.7. The van der Waals surface area contributed by atoms with Gasteiger partial charge < -0.3 is 24.4 Å². The van der Waals surface area contributed by atoms with Crippen LogP contribution in [-0.2, 0) is 10.2 Å². The molecule has 1 aromatic carbocycles. The summed E-state index contributed by atoms with van der Waals surface area (Å²) in [7, 11) is 1.90. The lowest BCUT2D eigenvalue weighted by molar-refractivity contribution is 0.0511. The topological polar surface area (TPSA) is 55.3 Å². The number of hydrogen-bond acceptors (Lipinski definition) is 4. The molecule has 0 aromatic heterocycles. The van der Waals surface area contributed by atoms with Gasteiger partial charge in [0.1, 0.15) is 0 Å². The molecule has 3 aliphatic rings. The van der Waals surface area contributed by atoms with Gasteiger partial charge >= 0.3 is 0 Å². The molecule has 3 heterocycles. The zero-order valence-electron chi connectivity index (χ0n) is 18.1. The molecule has 6 heteroatoms. The summed E-state index contributed by atoms with van der Waals surface area (Å²) < 4.78 is 16.8. The summed E-state index contributed by atoms with van der Waals surface area (Å²) in [5.41, 5.74) is 1.32. The van der Waals surface area contributed by atoms with Gasteiger partial charge in [-0.25, -0.2) is 0 Å². The van der Waals surface area contributed by atoms with E-state index < -0.39 is 0 Å². The molecular weight excluding hydrogens is 366 g/mol.